The molecule has 0 aromatic heterocycles. The first-order chi connectivity index (χ1) is 8.15. The molecule has 2 atom stereocenters. The minimum atomic E-state index is 0.478. The van der Waals surface area contributed by atoms with Gasteiger partial charge in [-0.2, -0.15) is 0 Å². The van der Waals surface area contributed by atoms with Crippen LogP contribution in [0.25, 0.3) is 0 Å². The smallest absolute Gasteiger partial charge is 0.133 e. The lowest BCUT2D eigenvalue weighted by molar-refractivity contribution is 0.313. The lowest BCUT2D eigenvalue weighted by Gasteiger charge is -2.20. The highest BCUT2D eigenvalue weighted by Gasteiger charge is 2.29. The number of likely N-dealkylation sites (tertiary alicyclic amines) is 1. The molecule has 0 saturated carbocycles. The fourth-order valence-corrected chi connectivity index (χ4v) is 3.11. The molecule has 0 radical (unpaired) electrons. The Morgan fingerprint density at radius 3 is 2.82 bits per heavy atom. The van der Waals surface area contributed by atoms with Gasteiger partial charge in [0, 0.05) is 12.6 Å². The SMILES string of the molecule is COc1ccc(C2CC(CN)CN2C)cc1Br. The molecule has 0 bridgehead atoms. The average molecular weight is 299 g/mol. The summed E-state index contributed by atoms with van der Waals surface area (Å²) in [5.74, 6) is 1.50. The van der Waals surface area contributed by atoms with Crippen molar-refractivity contribution in [2.24, 2.45) is 11.7 Å². The van der Waals surface area contributed by atoms with E-state index in [2.05, 4.69) is 40.0 Å². The summed E-state index contributed by atoms with van der Waals surface area (Å²) >= 11 is 3.54. The summed E-state index contributed by atoms with van der Waals surface area (Å²) in [6.07, 6.45) is 1.14. The lowest BCUT2D eigenvalue weighted by atomic mass is 10.00. The van der Waals surface area contributed by atoms with Crippen molar-refractivity contribution in [3.63, 3.8) is 0 Å². The van der Waals surface area contributed by atoms with E-state index in [0.29, 0.717) is 12.0 Å². The van der Waals surface area contributed by atoms with Gasteiger partial charge in [0.2, 0.25) is 0 Å². The van der Waals surface area contributed by atoms with Crippen molar-refractivity contribution in [3.8, 4) is 5.75 Å². The van der Waals surface area contributed by atoms with Gasteiger partial charge in [0.1, 0.15) is 5.75 Å². The summed E-state index contributed by atoms with van der Waals surface area (Å²) in [5, 5.41) is 0. The van der Waals surface area contributed by atoms with Crippen LogP contribution in [0.5, 0.6) is 5.75 Å². The third kappa shape index (κ3) is 2.64. The van der Waals surface area contributed by atoms with Crippen molar-refractivity contribution in [3.05, 3.63) is 28.2 Å². The highest BCUT2D eigenvalue weighted by Crippen LogP contribution is 2.36. The van der Waals surface area contributed by atoms with Crippen LogP contribution in [0.15, 0.2) is 22.7 Å². The number of halogens is 1. The van der Waals surface area contributed by atoms with Gasteiger partial charge in [-0.05, 0) is 59.6 Å². The number of nitrogens with zero attached hydrogens (tertiary/aromatic N) is 1. The van der Waals surface area contributed by atoms with Crippen LogP contribution in [-0.2, 0) is 0 Å². The van der Waals surface area contributed by atoms with Gasteiger partial charge in [0.05, 0.1) is 11.6 Å². The minimum absolute atomic E-state index is 0.478. The van der Waals surface area contributed by atoms with E-state index in [9.17, 15) is 0 Å². The van der Waals surface area contributed by atoms with Crippen LogP contribution in [0.2, 0.25) is 0 Å². The zero-order valence-electron chi connectivity index (χ0n) is 10.3. The minimum Gasteiger partial charge on any atom is -0.496 e. The monoisotopic (exact) mass is 298 g/mol. The maximum absolute atomic E-state index is 5.76. The van der Waals surface area contributed by atoms with Crippen LogP contribution in [-0.4, -0.2) is 32.1 Å². The van der Waals surface area contributed by atoms with Gasteiger partial charge in [-0.3, -0.25) is 4.90 Å². The molecule has 1 aliphatic rings. The second-order valence-electron chi connectivity index (χ2n) is 4.69. The molecule has 0 aliphatic carbocycles. The lowest BCUT2D eigenvalue weighted by Crippen LogP contribution is -2.20. The van der Waals surface area contributed by atoms with Crippen molar-refractivity contribution in [2.75, 3.05) is 27.2 Å². The molecular weight excluding hydrogens is 280 g/mol. The van der Waals surface area contributed by atoms with E-state index in [4.69, 9.17) is 10.5 Å². The summed E-state index contributed by atoms with van der Waals surface area (Å²) in [5.41, 5.74) is 7.09. The molecule has 0 amide bonds. The Balaban J connectivity index is 2.20. The molecule has 94 valence electrons. The molecule has 2 rings (SSSR count). The molecule has 0 spiro atoms. The van der Waals surface area contributed by atoms with Crippen LogP contribution in [0.4, 0.5) is 0 Å². The number of nitrogens with two attached hydrogens (primary N) is 1. The molecule has 17 heavy (non-hydrogen) atoms. The molecule has 1 aromatic carbocycles. The number of ether oxygens (including phenoxy) is 1. The second kappa shape index (κ2) is 5.38. The summed E-state index contributed by atoms with van der Waals surface area (Å²) in [6, 6.07) is 6.79. The third-order valence-corrected chi connectivity index (χ3v) is 4.15. The first kappa shape index (κ1) is 12.9. The molecule has 4 heteroatoms. The Morgan fingerprint density at radius 2 is 2.29 bits per heavy atom. The van der Waals surface area contributed by atoms with Gasteiger partial charge in [-0.25, -0.2) is 0 Å². The molecule has 1 aromatic rings. The maximum atomic E-state index is 5.76. The topological polar surface area (TPSA) is 38.5 Å². The number of hydrogen-bond acceptors (Lipinski definition) is 3. The summed E-state index contributed by atoms with van der Waals surface area (Å²) < 4.78 is 6.27. The van der Waals surface area contributed by atoms with Crippen molar-refractivity contribution in [1.82, 2.24) is 4.90 Å². The van der Waals surface area contributed by atoms with Gasteiger partial charge < -0.3 is 10.5 Å². The van der Waals surface area contributed by atoms with Crippen LogP contribution in [0, 0.1) is 5.92 Å². The normalized spacial score (nSPS) is 25.2. The Hall–Kier alpha value is -0.580. The molecule has 1 saturated heterocycles. The molecular formula is C13H19BrN2O. The van der Waals surface area contributed by atoms with E-state index < -0.39 is 0 Å². The standard InChI is InChI=1S/C13H19BrN2O/c1-16-8-9(7-15)5-12(16)10-3-4-13(17-2)11(14)6-10/h3-4,6,9,12H,5,7-8,15H2,1-2H3. The van der Waals surface area contributed by atoms with Crippen LogP contribution < -0.4 is 10.5 Å². The van der Waals surface area contributed by atoms with E-state index in [-0.39, 0.29) is 0 Å². The summed E-state index contributed by atoms with van der Waals surface area (Å²) in [4.78, 5) is 2.38. The highest BCUT2D eigenvalue weighted by atomic mass is 79.9. The molecule has 2 N–H and O–H groups in total. The first-order valence-corrected chi connectivity index (χ1v) is 6.68. The number of hydrogen-bond donors (Lipinski definition) is 1. The number of rotatable bonds is 3. The van der Waals surface area contributed by atoms with Crippen molar-refractivity contribution in [2.45, 2.75) is 12.5 Å². The molecule has 1 heterocycles. The van der Waals surface area contributed by atoms with E-state index in [1.807, 2.05) is 6.07 Å². The molecule has 2 unspecified atom stereocenters. The van der Waals surface area contributed by atoms with E-state index >= 15 is 0 Å². The van der Waals surface area contributed by atoms with E-state index in [1.165, 1.54) is 5.56 Å². The van der Waals surface area contributed by atoms with Crippen molar-refractivity contribution >= 4 is 15.9 Å². The Labute approximate surface area is 111 Å². The molecule has 1 aliphatic heterocycles. The van der Waals surface area contributed by atoms with Crippen molar-refractivity contribution in [1.29, 1.82) is 0 Å². The molecule has 3 nitrogen and oxygen atoms in total. The fourth-order valence-electron chi connectivity index (χ4n) is 2.56. The zero-order chi connectivity index (χ0) is 12.4. The van der Waals surface area contributed by atoms with Gasteiger partial charge in [-0.1, -0.05) is 6.07 Å². The maximum Gasteiger partial charge on any atom is 0.133 e. The summed E-state index contributed by atoms with van der Waals surface area (Å²) in [6.45, 7) is 1.86. The zero-order valence-corrected chi connectivity index (χ0v) is 11.9. The largest absolute Gasteiger partial charge is 0.496 e. The van der Waals surface area contributed by atoms with Gasteiger partial charge >= 0.3 is 0 Å². The number of methoxy groups -OCH3 is 1. The highest BCUT2D eigenvalue weighted by molar-refractivity contribution is 9.10. The average Bonchev–Trinajstić information content (AvgIpc) is 2.70. The van der Waals surface area contributed by atoms with Gasteiger partial charge in [-0.15, -0.1) is 0 Å². The quantitative estimate of drug-likeness (QED) is 0.931. The Kier molecular flexibility index (Phi) is 4.07. The van der Waals surface area contributed by atoms with Gasteiger partial charge in [0.25, 0.3) is 0 Å². The predicted molar refractivity (Wildman–Crippen MR) is 73.2 cm³/mol. The van der Waals surface area contributed by atoms with Crippen LogP contribution in [0.3, 0.4) is 0 Å². The van der Waals surface area contributed by atoms with Gasteiger partial charge in [0.15, 0.2) is 0 Å². The van der Waals surface area contributed by atoms with E-state index in [1.54, 1.807) is 7.11 Å². The van der Waals surface area contributed by atoms with Crippen LogP contribution in [0.1, 0.15) is 18.0 Å². The van der Waals surface area contributed by atoms with Crippen LogP contribution >= 0.6 is 15.9 Å². The Morgan fingerprint density at radius 1 is 1.53 bits per heavy atom. The number of benzene rings is 1. The Bertz CT molecular complexity index is 397. The first-order valence-electron chi connectivity index (χ1n) is 5.89. The van der Waals surface area contributed by atoms with E-state index in [0.717, 1.165) is 29.7 Å². The third-order valence-electron chi connectivity index (χ3n) is 3.53. The predicted octanol–water partition coefficient (Wildman–Crippen LogP) is 2.41. The molecule has 1 fully saturated rings. The second-order valence-corrected chi connectivity index (χ2v) is 5.54. The summed E-state index contributed by atoms with van der Waals surface area (Å²) in [7, 11) is 3.85. The van der Waals surface area contributed by atoms with Crippen molar-refractivity contribution < 1.29 is 4.74 Å². The fraction of sp³-hybridized carbons (Fsp3) is 0.538.